The Morgan fingerprint density at radius 1 is 0.791 bits per heavy atom. The van der Waals surface area contributed by atoms with Crippen LogP contribution >= 0.6 is 0 Å². The highest BCUT2D eigenvalue weighted by Crippen LogP contribution is 2.52. The predicted molar refractivity (Wildman–Crippen MR) is 165 cm³/mol. The predicted octanol–water partition coefficient (Wildman–Crippen LogP) is 5.10. The summed E-state index contributed by atoms with van der Waals surface area (Å²) in [5.74, 6) is 0.882. The van der Waals surface area contributed by atoms with Crippen LogP contribution in [-0.4, -0.2) is 46.3 Å². The van der Waals surface area contributed by atoms with Crippen molar-refractivity contribution in [1.29, 1.82) is 0 Å². The molecular weight excluding hydrogens is 546 g/mol. The number of ether oxygens (including phenoxy) is 4. The molecule has 0 radical (unpaired) electrons. The van der Waals surface area contributed by atoms with Crippen molar-refractivity contribution in [3.05, 3.63) is 108 Å². The second-order valence-corrected chi connectivity index (χ2v) is 10.2. The maximum Gasteiger partial charge on any atom is 0.241 e. The van der Waals surface area contributed by atoms with E-state index in [1.165, 1.54) is 28.4 Å². The van der Waals surface area contributed by atoms with Crippen molar-refractivity contribution in [3.8, 4) is 23.0 Å². The molecule has 1 fully saturated rings. The minimum atomic E-state index is -0.770. The molecule has 4 aromatic rings. The van der Waals surface area contributed by atoms with Gasteiger partial charge in [0, 0.05) is 12.1 Å². The number of amides is 2. The van der Waals surface area contributed by atoms with Crippen LogP contribution < -0.4 is 34.9 Å². The van der Waals surface area contributed by atoms with Crippen molar-refractivity contribution in [3.63, 3.8) is 0 Å². The van der Waals surface area contributed by atoms with Gasteiger partial charge in [-0.1, -0.05) is 66.7 Å². The maximum absolute atomic E-state index is 13.9. The zero-order chi connectivity index (χ0) is 30.5. The van der Waals surface area contributed by atoms with Gasteiger partial charge >= 0.3 is 0 Å². The third kappa shape index (κ3) is 5.85. The van der Waals surface area contributed by atoms with Gasteiger partial charge < -0.3 is 34.9 Å². The van der Waals surface area contributed by atoms with Crippen LogP contribution in [0.5, 0.6) is 23.0 Å². The molecule has 0 saturated carbocycles. The quantitative estimate of drug-likeness (QED) is 0.237. The molecule has 1 aliphatic rings. The average Bonchev–Trinajstić information content (AvgIpc) is 3.03. The molecule has 9 heteroatoms. The molecule has 43 heavy (non-hydrogen) atoms. The summed E-state index contributed by atoms with van der Waals surface area (Å²) < 4.78 is 22.2. The first-order chi connectivity index (χ1) is 20.9. The number of β-lactam (4-membered cyclic amide) rings is 1. The van der Waals surface area contributed by atoms with Crippen molar-refractivity contribution in [1.82, 2.24) is 0 Å². The Hall–Kier alpha value is -5.02. The van der Waals surface area contributed by atoms with Crippen LogP contribution in [0.3, 0.4) is 0 Å². The summed E-state index contributed by atoms with van der Waals surface area (Å²) in [7, 11) is 6.13. The van der Waals surface area contributed by atoms with E-state index in [4.69, 9.17) is 24.7 Å². The second-order valence-electron chi connectivity index (χ2n) is 10.2. The standard InChI is InChI=1S/C34H35N3O6/c1-40-27-16-15-23(18-26(27)36-33(38)25(35)17-21-11-7-5-8-12-21)31-30(22-13-9-6-10-14-22)34(39)37(31)24-19-28(41-2)32(43-4)29(20-24)42-3/h5-16,18-20,25,30-31H,17,35H2,1-4H3,(H,36,38)/t25-,30-,31-/m0/s1. The Morgan fingerprint density at radius 2 is 1.40 bits per heavy atom. The summed E-state index contributed by atoms with van der Waals surface area (Å²) in [6.07, 6.45) is 0.386. The third-order valence-electron chi connectivity index (χ3n) is 7.64. The van der Waals surface area contributed by atoms with Crippen LogP contribution in [0.1, 0.15) is 28.7 Å². The molecule has 3 atom stereocenters. The van der Waals surface area contributed by atoms with Crippen LogP contribution in [0.2, 0.25) is 0 Å². The van der Waals surface area contributed by atoms with E-state index in [-0.39, 0.29) is 11.8 Å². The van der Waals surface area contributed by atoms with E-state index in [0.717, 1.165) is 16.7 Å². The molecule has 2 amide bonds. The van der Waals surface area contributed by atoms with Gasteiger partial charge in [-0.2, -0.15) is 0 Å². The molecule has 5 rings (SSSR count). The fourth-order valence-electron chi connectivity index (χ4n) is 5.50. The van der Waals surface area contributed by atoms with Crippen molar-refractivity contribution >= 4 is 23.2 Å². The van der Waals surface area contributed by atoms with Gasteiger partial charge in [0.25, 0.3) is 0 Å². The van der Waals surface area contributed by atoms with Crippen molar-refractivity contribution in [2.24, 2.45) is 5.73 Å². The first-order valence-corrected chi connectivity index (χ1v) is 13.9. The van der Waals surface area contributed by atoms with Crippen LogP contribution in [0.25, 0.3) is 0 Å². The molecule has 9 nitrogen and oxygen atoms in total. The van der Waals surface area contributed by atoms with E-state index in [1.54, 1.807) is 23.1 Å². The van der Waals surface area contributed by atoms with Crippen LogP contribution in [0.15, 0.2) is 91.0 Å². The van der Waals surface area contributed by atoms with Crippen LogP contribution in [0, 0.1) is 0 Å². The lowest BCUT2D eigenvalue weighted by molar-refractivity contribution is -0.126. The number of carbonyl (C=O) groups is 2. The molecule has 3 N–H and O–H groups in total. The summed E-state index contributed by atoms with van der Waals surface area (Å²) in [4.78, 5) is 28.7. The smallest absolute Gasteiger partial charge is 0.241 e. The van der Waals surface area contributed by atoms with Crippen LogP contribution in [0.4, 0.5) is 11.4 Å². The Bertz CT molecular complexity index is 1570. The van der Waals surface area contributed by atoms with Crippen LogP contribution in [-0.2, 0) is 16.0 Å². The van der Waals surface area contributed by atoms with Crippen molar-refractivity contribution < 1.29 is 28.5 Å². The lowest BCUT2D eigenvalue weighted by Gasteiger charge is -2.48. The minimum Gasteiger partial charge on any atom is -0.495 e. The molecule has 0 aliphatic carbocycles. The number of carbonyl (C=O) groups excluding carboxylic acids is 2. The average molecular weight is 582 g/mol. The molecule has 0 aromatic heterocycles. The molecule has 1 heterocycles. The molecule has 0 unspecified atom stereocenters. The van der Waals surface area contributed by atoms with Crippen molar-refractivity contribution in [2.75, 3.05) is 38.7 Å². The van der Waals surface area contributed by atoms with Gasteiger partial charge in [0.15, 0.2) is 11.5 Å². The van der Waals surface area contributed by atoms with Gasteiger partial charge in [-0.25, -0.2) is 0 Å². The highest BCUT2D eigenvalue weighted by Gasteiger charge is 2.50. The lowest BCUT2D eigenvalue weighted by atomic mass is 9.77. The molecule has 1 aliphatic heterocycles. The summed E-state index contributed by atoms with van der Waals surface area (Å²) >= 11 is 0. The SMILES string of the molecule is COc1ccc([C@H]2[C@H](c3ccccc3)C(=O)N2c2cc(OC)c(OC)c(OC)c2)cc1NC(=O)[C@@H](N)Cc1ccccc1. The van der Waals surface area contributed by atoms with E-state index in [2.05, 4.69) is 5.32 Å². The summed E-state index contributed by atoms with van der Waals surface area (Å²) in [6, 6.07) is 27.1. The molecule has 0 bridgehead atoms. The number of nitrogens with one attached hydrogen (secondary N) is 1. The normalized spacial score (nSPS) is 16.6. The third-order valence-corrected chi connectivity index (χ3v) is 7.64. The number of benzene rings is 4. The minimum absolute atomic E-state index is 0.0863. The number of hydrogen-bond donors (Lipinski definition) is 2. The number of rotatable bonds is 11. The fraction of sp³-hybridized carbons (Fsp3) is 0.235. The number of nitrogens with zero attached hydrogens (tertiary/aromatic N) is 1. The monoisotopic (exact) mass is 581 g/mol. The van der Waals surface area contributed by atoms with Gasteiger partial charge in [-0.05, 0) is 35.2 Å². The van der Waals surface area contributed by atoms with Gasteiger partial charge in [-0.15, -0.1) is 0 Å². The van der Waals surface area contributed by atoms with E-state index in [9.17, 15) is 9.59 Å². The zero-order valence-electron chi connectivity index (χ0n) is 24.6. The summed E-state index contributed by atoms with van der Waals surface area (Å²) in [5, 5.41) is 2.95. The Labute approximate surface area is 251 Å². The highest BCUT2D eigenvalue weighted by atomic mass is 16.5. The molecule has 1 saturated heterocycles. The largest absolute Gasteiger partial charge is 0.495 e. The summed E-state index contributed by atoms with van der Waals surface area (Å²) in [5.41, 5.74) is 9.97. The fourth-order valence-corrected chi connectivity index (χ4v) is 5.50. The highest BCUT2D eigenvalue weighted by molar-refractivity contribution is 6.07. The van der Waals surface area contributed by atoms with Gasteiger partial charge in [0.05, 0.1) is 57.8 Å². The first-order valence-electron chi connectivity index (χ1n) is 13.9. The van der Waals surface area contributed by atoms with E-state index >= 15 is 0 Å². The molecule has 4 aromatic carbocycles. The van der Waals surface area contributed by atoms with Gasteiger partial charge in [0.1, 0.15) is 5.75 Å². The zero-order valence-corrected chi connectivity index (χ0v) is 24.6. The maximum atomic E-state index is 13.9. The Balaban J connectivity index is 1.53. The molecule has 0 spiro atoms. The number of nitrogens with two attached hydrogens (primary N) is 1. The number of anilines is 2. The molecule has 222 valence electrons. The lowest BCUT2D eigenvalue weighted by Crippen LogP contribution is -2.53. The second kappa shape index (κ2) is 12.9. The number of hydrogen-bond acceptors (Lipinski definition) is 7. The van der Waals surface area contributed by atoms with E-state index in [1.807, 2.05) is 72.8 Å². The van der Waals surface area contributed by atoms with E-state index in [0.29, 0.717) is 40.8 Å². The van der Waals surface area contributed by atoms with Crippen molar-refractivity contribution in [2.45, 2.75) is 24.4 Å². The topological polar surface area (TPSA) is 112 Å². The first kappa shape index (κ1) is 29.5. The molecular formula is C34H35N3O6. The number of methoxy groups -OCH3 is 4. The Morgan fingerprint density at radius 3 is 1.98 bits per heavy atom. The summed E-state index contributed by atoms with van der Waals surface area (Å²) in [6.45, 7) is 0. The van der Waals surface area contributed by atoms with Gasteiger partial charge in [-0.3, -0.25) is 9.59 Å². The van der Waals surface area contributed by atoms with E-state index < -0.39 is 18.0 Å². The Kier molecular flexibility index (Phi) is 8.82. The van der Waals surface area contributed by atoms with Gasteiger partial charge in [0.2, 0.25) is 17.6 Å².